The van der Waals surface area contributed by atoms with Crippen molar-refractivity contribution in [2.75, 3.05) is 12.9 Å². The van der Waals surface area contributed by atoms with Crippen molar-refractivity contribution in [3.05, 3.63) is 34.9 Å². The summed E-state index contributed by atoms with van der Waals surface area (Å²) in [7, 11) is -2.77. The van der Waals surface area contributed by atoms with E-state index in [1.54, 1.807) is 0 Å². The minimum Gasteiger partial charge on any atom is -0.340 e. The molecule has 0 spiro atoms. The van der Waals surface area contributed by atoms with Gasteiger partial charge >= 0.3 is 6.03 Å². The van der Waals surface area contributed by atoms with Gasteiger partial charge in [-0.25, -0.2) is 10.2 Å². The van der Waals surface area contributed by atoms with Crippen LogP contribution < -0.4 is 10.7 Å². The highest BCUT2D eigenvalue weighted by Gasteiger charge is 2.15. The van der Waals surface area contributed by atoms with Gasteiger partial charge in [0.2, 0.25) is 0 Å². The summed E-state index contributed by atoms with van der Waals surface area (Å²) in [4.78, 5) is 11.7. The molecule has 2 amide bonds. The van der Waals surface area contributed by atoms with Gasteiger partial charge in [0.05, 0.1) is 6.54 Å². The molecular formula is C12H19N3O4S. The molecule has 0 aliphatic carbocycles. The first kappa shape index (κ1) is 16.4. The van der Waals surface area contributed by atoms with Gasteiger partial charge in [0.15, 0.2) is 0 Å². The summed E-state index contributed by atoms with van der Waals surface area (Å²) >= 11 is 0. The molecule has 0 atom stereocenters. The summed E-state index contributed by atoms with van der Waals surface area (Å²) in [5, 5.41) is 3.49. The second-order valence-corrected chi connectivity index (χ2v) is 5.90. The molecule has 0 fully saturated rings. The Morgan fingerprint density at radius 3 is 2.45 bits per heavy atom. The standard InChI is InChI=1S/C12H19N3O4S/c1-9-4-5-11(6-10(9)2)7-15(12(16)13-3)14-8-20(17,18)19/h4-6,14H,7-8H2,1-3H3,(H,13,16)(H,17,18,19). The summed E-state index contributed by atoms with van der Waals surface area (Å²) in [6, 6.07) is 5.20. The molecule has 0 bridgehead atoms. The largest absolute Gasteiger partial charge is 0.340 e. The van der Waals surface area contributed by atoms with Gasteiger partial charge in [-0.15, -0.1) is 0 Å². The van der Waals surface area contributed by atoms with Gasteiger partial charge in [-0.2, -0.15) is 8.42 Å². The van der Waals surface area contributed by atoms with Gasteiger partial charge in [-0.3, -0.25) is 9.56 Å². The molecule has 0 heterocycles. The van der Waals surface area contributed by atoms with E-state index in [2.05, 4.69) is 10.7 Å². The van der Waals surface area contributed by atoms with Crippen LogP contribution in [0.5, 0.6) is 0 Å². The maximum Gasteiger partial charge on any atom is 0.331 e. The first-order valence-corrected chi connectivity index (χ1v) is 7.58. The molecule has 1 aromatic rings. The van der Waals surface area contributed by atoms with Crippen LogP contribution in [0.1, 0.15) is 16.7 Å². The van der Waals surface area contributed by atoms with E-state index in [-0.39, 0.29) is 6.54 Å². The van der Waals surface area contributed by atoms with E-state index in [1.165, 1.54) is 7.05 Å². The summed E-state index contributed by atoms with van der Waals surface area (Å²) in [5.41, 5.74) is 5.43. The summed E-state index contributed by atoms with van der Waals surface area (Å²) < 4.78 is 30.2. The van der Waals surface area contributed by atoms with Crippen LogP contribution in [0.4, 0.5) is 4.79 Å². The predicted octanol–water partition coefficient (Wildman–Crippen LogP) is 0.795. The molecule has 0 unspecified atom stereocenters. The van der Waals surface area contributed by atoms with Crippen molar-refractivity contribution in [3.63, 3.8) is 0 Å². The smallest absolute Gasteiger partial charge is 0.331 e. The summed E-state index contributed by atoms with van der Waals surface area (Å²) in [5.74, 6) is -0.731. The lowest BCUT2D eigenvalue weighted by molar-refractivity contribution is 0.173. The SMILES string of the molecule is CNC(=O)N(Cc1ccc(C)c(C)c1)NCS(=O)(=O)O. The maximum atomic E-state index is 11.7. The molecule has 0 aliphatic heterocycles. The minimum atomic E-state index is -4.20. The fraction of sp³-hybridized carbons (Fsp3) is 0.417. The molecular weight excluding hydrogens is 282 g/mol. The predicted molar refractivity (Wildman–Crippen MR) is 75.5 cm³/mol. The Labute approximate surface area is 118 Å². The third kappa shape index (κ3) is 5.16. The molecule has 0 radical (unpaired) electrons. The minimum absolute atomic E-state index is 0.177. The second-order valence-electron chi connectivity index (χ2n) is 4.44. The monoisotopic (exact) mass is 301 g/mol. The third-order valence-electron chi connectivity index (χ3n) is 2.81. The molecule has 8 heteroatoms. The number of benzene rings is 1. The van der Waals surface area contributed by atoms with Gasteiger partial charge in [0.1, 0.15) is 5.88 Å². The highest BCUT2D eigenvalue weighted by Crippen LogP contribution is 2.11. The molecule has 0 aromatic heterocycles. The molecule has 112 valence electrons. The van der Waals surface area contributed by atoms with Crippen LogP contribution in [-0.2, 0) is 16.7 Å². The lowest BCUT2D eigenvalue weighted by Crippen LogP contribution is -2.48. The third-order valence-corrected chi connectivity index (χ3v) is 3.30. The van der Waals surface area contributed by atoms with Crippen LogP contribution in [0.2, 0.25) is 0 Å². The van der Waals surface area contributed by atoms with Crippen molar-refractivity contribution in [2.24, 2.45) is 0 Å². The van der Waals surface area contributed by atoms with Gasteiger partial charge in [-0.05, 0) is 30.5 Å². The van der Waals surface area contributed by atoms with Crippen LogP contribution >= 0.6 is 0 Å². The van der Waals surface area contributed by atoms with Crippen LogP contribution in [0.3, 0.4) is 0 Å². The number of amides is 2. The van der Waals surface area contributed by atoms with Gasteiger partial charge < -0.3 is 5.32 Å². The van der Waals surface area contributed by atoms with Crippen LogP contribution in [-0.4, -0.2) is 36.9 Å². The first-order chi connectivity index (χ1) is 9.23. The molecule has 1 rings (SSSR count). The van der Waals surface area contributed by atoms with E-state index in [9.17, 15) is 13.2 Å². The summed E-state index contributed by atoms with van der Waals surface area (Å²) in [6.45, 7) is 4.11. The fourth-order valence-corrected chi connectivity index (χ4v) is 1.90. The highest BCUT2D eigenvalue weighted by molar-refractivity contribution is 7.85. The van der Waals surface area contributed by atoms with Crippen LogP contribution in [0.25, 0.3) is 0 Å². The lowest BCUT2D eigenvalue weighted by atomic mass is 10.1. The number of hydrogen-bond acceptors (Lipinski definition) is 4. The second kappa shape index (κ2) is 6.69. The average molecular weight is 301 g/mol. The molecule has 0 saturated carbocycles. The Morgan fingerprint density at radius 1 is 1.30 bits per heavy atom. The van der Waals surface area contributed by atoms with Crippen molar-refractivity contribution in [2.45, 2.75) is 20.4 Å². The number of rotatable bonds is 5. The summed E-state index contributed by atoms with van der Waals surface area (Å²) in [6.07, 6.45) is 0. The molecule has 0 saturated heterocycles. The van der Waals surface area contributed by atoms with E-state index in [0.717, 1.165) is 21.7 Å². The molecule has 1 aromatic carbocycles. The zero-order chi connectivity index (χ0) is 15.3. The van der Waals surface area contributed by atoms with E-state index in [4.69, 9.17) is 4.55 Å². The van der Waals surface area contributed by atoms with E-state index >= 15 is 0 Å². The van der Waals surface area contributed by atoms with Crippen molar-refractivity contribution < 1.29 is 17.8 Å². The van der Waals surface area contributed by atoms with Crippen LogP contribution in [0.15, 0.2) is 18.2 Å². The molecule has 20 heavy (non-hydrogen) atoms. The maximum absolute atomic E-state index is 11.7. The average Bonchev–Trinajstić information content (AvgIpc) is 2.36. The van der Waals surface area contributed by atoms with E-state index in [0.29, 0.717) is 0 Å². The van der Waals surface area contributed by atoms with Gasteiger partial charge in [-0.1, -0.05) is 18.2 Å². The Balaban J connectivity index is 2.83. The van der Waals surface area contributed by atoms with Gasteiger partial charge in [0.25, 0.3) is 10.1 Å². The molecule has 7 nitrogen and oxygen atoms in total. The number of urea groups is 1. The lowest BCUT2D eigenvalue weighted by Gasteiger charge is -2.22. The normalized spacial score (nSPS) is 11.2. The Bertz CT molecular complexity index is 586. The van der Waals surface area contributed by atoms with E-state index < -0.39 is 22.0 Å². The zero-order valence-corrected chi connectivity index (χ0v) is 12.5. The number of carbonyl (C=O) groups excluding carboxylic acids is 1. The first-order valence-electron chi connectivity index (χ1n) is 5.97. The highest BCUT2D eigenvalue weighted by atomic mass is 32.2. The Hall–Kier alpha value is -1.64. The zero-order valence-electron chi connectivity index (χ0n) is 11.7. The van der Waals surface area contributed by atoms with E-state index in [1.807, 2.05) is 32.0 Å². The number of aryl methyl sites for hydroxylation is 2. The number of nitrogens with zero attached hydrogens (tertiary/aromatic N) is 1. The molecule has 3 N–H and O–H groups in total. The van der Waals surface area contributed by atoms with Crippen molar-refractivity contribution in [3.8, 4) is 0 Å². The van der Waals surface area contributed by atoms with Crippen molar-refractivity contribution >= 4 is 16.1 Å². The number of hydrazine groups is 1. The number of hydrogen-bond donors (Lipinski definition) is 3. The number of nitrogens with one attached hydrogen (secondary N) is 2. The Kier molecular flexibility index (Phi) is 5.49. The number of carbonyl (C=O) groups is 1. The Morgan fingerprint density at radius 2 is 1.95 bits per heavy atom. The fourth-order valence-electron chi connectivity index (χ4n) is 1.58. The van der Waals surface area contributed by atoms with Gasteiger partial charge in [0, 0.05) is 7.05 Å². The van der Waals surface area contributed by atoms with Crippen molar-refractivity contribution in [1.82, 2.24) is 15.8 Å². The topological polar surface area (TPSA) is 98.7 Å². The molecule has 0 aliphatic rings. The van der Waals surface area contributed by atoms with Crippen LogP contribution in [0, 0.1) is 13.8 Å². The van der Waals surface area contributed by atoms with Crippen molar-refractivity contribution in [1.29, 1.82) is 0 Å². The quantitative estimate of drug-likeness (QED) is 0.552.